The highest BCUT2D eigenvalue weighted by Crippen LogP contribution is 1.64. The van der Waals surface area contributed by atoms with Crippen LogP contribution in [0.25, 0.3) is 0 Å². The lowest BCUT2D eigenvalue weighted by molar-refractivity contribution is 0.162. The summed E-state index contributed by atoms with van der Waals surface area (Å²) in [5.41, 5.74) is 0. The third-order valence-electron chi connectivity index (χ3n) is 0.985. The predicted octanol–water partition coefficient (Wildman–Crippen LogP) is -0.397. The number of hydrogen-bond donors (Lipinski definition) is 3. The Balaban J connectivity index is 0. The van der Waals surface area contributed by atoms with Gasteiger partial charge in [-0.2, -0.15) is 0 Å². The Bertz CT molecular complexity index is 56.3. The second-order valence-electron chi connectivity index (χ2n) is 1.98. The van der Waals surface area contributed by atoms with E-state index in [9.17, 15) is 0 Å². The van der Waals surface area contributed by atoms with E-state index in [4.69, 9.17) is 14.9 Å². The summed E-state index contributed by atoms with van der Waals surface area (Å²) in [5, 5.41) is 19.1. The second kappa shape index (κ2) is 17.1. The van der Waals surface area contributed by atoms with Crippen LogP contribution in [0.4, 0.5) is 0 Å². The first kappa shape index (κ1) is 14.4. The average molecular weight is 179 g/mol. The molecule has 0 bridgehead atoms. The Morgan fingerprint density at radius 3 is 1.58 bits per heavy atom. The molecule has 0 saturated carbocycles. The van der Waals surface area contributed by atoms with Gasteiger partial charge in [-0.3, -0.25) is 0 Å². The van der Waals surface area contributed by atoms with Crippen LogP contribution in [0.15, 0.2) is 0 Å². The predicted molar refractivity (Wildman–Crippen MR) is 49.2 cm³/mol. The van der Waals surface area contributed by atoms with Crippen molar-refractivity contribution >= 4 is 0 Å². The lowest BCUT2D eigenvalue weighted by Crippen LogP contribution is -2.21. The van der Waals surface area contributed by atoms with Crippen LogP contribution in [0.5, 0.6) is 0 Å². The molecule has 0 fully saturated rings. The number of rotatable bonds is 6. The van der Waals surface area contributed by atoms with Gasteiger partial charge in [0, 0.05) is 26.3 Å². The van der Waals surface area contributed by atoms with Crippen molar-refractivity contribution in [3.05, 3.63) is 0 Å². The zero-order valence-electron chi connectivity index (χ0n) is 8.05. The Kier molecular flexibility index (Phi) is 20.4. The van der Waals surface area contributed by atoms with E-state index in [1.54, 1.807) is 0 Å². The van der Waals surface area contributed by atoms with Gasteiger partial charge in [-0.25, -0.2) is 0 Å². The van der Waals surface area contributed by atoms with Gasteiger partial charge in [0.2, 0.25) is 0 Å². The van der Waals surface area contributed by atoms with Crippen molar-refractivity contribution in [2.45, 2.75) is 13.8 Å². The summed E-state index contributed by atoms with van der Waals surface area (Å²) in [6.07, 6.45) is 0. The van der Waals surface area contributed by atoms with Gasteiger partial charge in [-0.1, -0.05) is 0 Å². The first-order valence-corrected chi connectivity index (χ1v) is 4.33. The molecule has 76 valence electrons. The fourth-order valence-corrected chi connectivity index (χ4v) is 0.487. The van der Waals surface area contributed by atoms with Crippen molar-refractivity contribution in [3.8, 4) is 0 Å². The molecule has 0 aliphatic rings. The maximum Gasteiger partial charge on any atom is 0.0555 e. The number of hydrogen-bond acceptors (Lipinski definition) is 4. The summed E-state index contributed by atoms with van der Waals surface area (Å²) in [5.74, 6) is 0. The van der Waals surface area contributed by atoms with Crippen molar-refractivity contribution in [1.82, 2.24) is 5.32 Å². The lowest BCUT2D eigenvalue weighted by atomic mass is 10.6. The Hall–Kier alpha value is -0.160. The highest BCUT2D eigenvalue weighted by Gasteiger charge is 1.78. The zero-order chi connectivity index (χ0) is 9.66. The van der Waals surface area contributed by atoms with Crippen LogP contribution in [0.3, 0.4) is 0 Å². The summed E-state index contributed by atoms with van der Waals surface area (Å²) >= 11 is 0. The topological polar surface area (TPSA) is 61.7 Å². The Labute approximate surface area is 74.6 Å². The van der Waals surface area contributed by atoms with E-state index in [1.807, 2.05) is 13.8 Å². The summed E-state index contributed by atoms with van der Waals surface area (Å²) < 4.78 is 4.83. The molecule has 0 aromatic heterocycles. The molecule has 0 amide bonds. The molecule has 0 aromatic rings. The monoisotopic (exact) mass is 179 g/mol. The second-order valence-corrected chi connectivity index (χ2v) is 1.98. The minimum absolute atomic E-state index is 0.139. The lowest BCUT2D eigenvalue weighted by Gasteiger charge is -1.94. The molecule has 0 aliphatic heterocycles. The van der Waals surface area contributed by atoms with Gasteiger partial charge in [0.1, 0.15) is 0 Å². The molecule has 0 atom stereocenters. The van der Waals surface area contributed by atoms with Crippen molar-refractivity contribution < 1.29 is 14.9 Å². The maximum absolute atomic E-state index is 8.15. The van der Waals surface area contributed by atoms with Gasteiger partial charge in [0.15, 0.2) is 0 Å². The quantitative estimate of drug-likeness (QED) is 0.486. The molecule has 0 heterocycles. The molecule has 4 heteroatoms. The summed E-state index contributed by atoms with van der Waals surface area (Å²) in [4.78, 5) is 0. The molecule has 0 unspecified atom stereocenters. The largest absolute Gasteiger partial charge is 0.395 e. The van der Waals surface area contributed by atoms with Crippen LogP contribution >= 0.6 is 0 Å². The molecule has 0 aliphatic carbocycles. The summed E-state index contributed by atoms with van der Waals surface area (Å²) in [6, 6.07) is 0. The average Bonchev–Trinajstić information content (AvgIpc) is 2.08. The highest BCUT2D eigenvalue weighted by molar-refractivity contribution is 4.39. The van der Waals surface area contributed by atoms with Crippen LogP contribution in [-0.4, -0.2) is 49.7 Å². The van der Waals surface area contributed by atoms with Crippen LogP contribution in [0, 0.1) is 0 Å². The number of ether oxygens (including phenoxy) is 1. The zero-order valence-corrected chi connectivity index (χ0v) is 8.05. The molecular weight excluding hydrogens is 158 g/mol. The van der Waals surface area contributed by atoms with Crippen LogP contribution < -0.4 is 5.32 Å². The van der Waals surface area contributed by atoms with Gasteiger partial charge in [0.25, 0.3) is 0 Å². The summed E-state index contributed by atoms with van der Waals surface area (Å²) in [7, 11) is 0. The SMILES string of the molecule is CCOCC.OCCNCCO. The van der Waals surface area contributed by atoms with E-state index in [1.165, 1.54) is 0 Å². The molecule has 0 spiro atoms. The number of aliphatic hydroxyl groups excluding tert-OH is 2. The normalized spacial score (nSPS) is 9.00. The van der Waals surface area contributed by atoms with E-state index < -0.39 is 0 Å². The molecule has 12 heavy (non-hydrogen) atoms. The molecule has 0 radical (unpaired) electrons. The van der Waals surface area contributed by atoms with Crippen LogP contribution in [-0.2, 0) is 4.74 Å². The van der Waals surface area contributed by atoms with Crippen molar-refractivity contribution in [2.75, 3.05) is 39.5 Å². The first-order valence-electron chi connectivity index (χ1n) is 4.33. The van der Waals surface area contributed by atoms with E-state index in [2.05, 4.69) is 5.32 Å². The molecule has 0 saturated heterocycles. The molecule has 3 N–H and O–H groups in total. The third-order valence-corrected chi connectivity index (χ3v) is 0.985. The van der Waals surface area contributed by atoms with Gasteiger partial charge < -0.3 is 20.3 Å². The van der Waals surface area contributed by atoms with E-state index in [0.29, 0.717) is 13.1 Å². The van der Waals surface area contributed by atoms with E-state index >= 15 is 0 Å². The van der Waals surface area contributed by atoms with Gasteiger partial charge in [-0.05, 0) is 13.8 Å². The van der Waals surface area contributed by atoms with E-state index in [-0.39, 0.29) is 13.2 Å². The van der Waals surface area contributed by atoms with Gasteiger partial charge >= 0.3 is 0 Å². The fraction of sp³-hybridized carbons (Fsp3) is 1.00. The molecular formula is C8H21NO3. The minimum atomic E-state index is 0.139. The first-order chi connectivity index (χ1) is 5.83. The summed E-state index contributed by atoms with van der Waals surface area (Å²) in [6.45, 7) is 7.08. The van der Waals surface area contributed by atoms with Gasteiger partial charge in [0.05, 0.1) is 13.2 Å². The minimum Gasteiger partial charge on any atom is -0.395 e. The standard InChI is InChI=1S/C4H11NO2.C4H10O/c6-3-1-5-2-4-7;1-3-5-4-2/h5-7H,1-4H2;3-4H2,1-2H3. The van der Waals surface area contributed by atoms with Crippen LogP contribution in [0.1, 0.15) is 13.8 Å². The van der Waals surface area contributed by atoms with E-state index in [0.717, 1.165) is 13.2 Å². The molecule has 0 rings (SSSR count). The third kappa shape index (κ3) is 22.5. The number of nitrogens with one attached hydrogen (secondary N) is 1. The Morgan fingerprint density at radius 2 is 1.42 bits per heavy atom. The van der Waals surface area contributed by atoms with Crippen molar-refractivity contribution in [1.29, 1.82) is 0 Å². The fourth-order valence-electron chi connectivity index (χ4n) is 0.487. The molecule has 4 nitrogen and oxygen atoms in total. The highest BCUT2D eigenvalue weighted by atomic mass is 16.5. The Morgan fingerprint density at radius 1 is 1.00 bits per heavy atom. The van der Waals surface area contributed by atoms with Crippen molar-refractivity contribution in [2.24, 2.45) is 0 Å². The van der Waals surface area contributed by atoms with Crippen LogP contribution in [0.2, 0.25) is 0 Å². The van der Waals surface area contributed by atoms with Gasteiger partial charge in [-0.15, -0.1) is 0 Å². The molecule has 0 aromatic carbocycles. The number of aliphatic hydroxyl groups is 2. The smallest absolute Gasteiger partial charge is 0.0555 e. The van der Waals surface area contributed by atoms with Crippen molar-refractivity contribution in [3.63, 3.8) is 0 Å². The maximum atomic E-state index is 8.15.